The van der Waals surface area contributed by atoms with Crippen LogP contribution < -0.4 is 11.1 Å². The number of nitrogens with two attached hydrogens (primary N) is 1. The lowest BCUT2D eigenvalue weighted by Gasteiger charge is -2.05. The highest BCUT2D eigenvalue weighted by Gasteiger charge is 2.00. The largest absolute Gasteiger partial charge is 0.481 e. The Labute approximate surface area is 95.1 Å². The zero-order valence-corrected chi connectivity index (χ0v) is 9.41. The highest BCUT2D eigenvalue weighted by atomic mass is 16.5. The predicted molar refractivity (Wildman–Crippen MR) is 59.1 cm³/mol. The summed E-state index contributed by atoms with van der Waals surface area (Å²) < 4.78 is 4.86. The molecule has 0 aliphatic rings. The minimum absolute atomic E-state index is 0.169. The maximum absolute atomic E-state index is 11.0. The molecule has 0 unspecified atom stereocenters. The molecule has 1 amide bonds. The van der Waals surface area contributed by atoms with Gasteiger partial charge >= 0.3 is 12.1 Å². The molecule has 0 aliphatic carbocycles. The zero-order chi connectivity index (χ0) is 12.2. The van der Waals surface area contributed by atoms with E-state index >= 15 is 0 Å². The molecule has 0 saturated carbocycles. The van der Waals surface area contributed by atoms with Crippen molar-refractivity contribution < 1.29 is 19.4 Å². The van der Waals surface area contributed by atoms with Crippen molar-refractivity contribution in [2.45, 2.75) is 32.1 Å². The van der Waals surface area contributed by atoms with Crippen molar-refractivity contribution in [2.75, 3.05) is 19.7 Å². The molecule has 0 bridgehead atoms. The van der Waals surface area contributed by atoms with Gasteiger partial charge in [0.25, 0.3) is 0 Å². The van der Waals surface area contributed by atoms with E-state index in [4.69, 9.17) is 15.6 Å². The first-order valence-electron chi connectivity index (χ1n) is 5.49. The predicted octanol–water partition coefficient (Wildman–Crippen LogP) is 0.706. The van der Waals surface area contributed by atoms with Gasteiger partial charge in [-0.3, -0.25) is 4.79 Å². The first-order chi connectivity index (χ1) is 7.66. The number of hydrogen-bond donors (Lipinski definition) is 3. The minimum atomic E-state index is -0.791. The molecule has 0 aromatic heterocycles. The van der Waals surface area contributed by atoms with Gasteiger partial charge in [-0.15, -0.1) is 0 Å². The van der Waals surface area contributed by atoms with Gasteiger partial charge in [0, 0.05) is 13.0 Å². The number of carboxylic acid groups (broad SMARTS) is 1. The van der Waals surface area contributed by atoms with Crippen molar-refractivity contribution in [1.82, 2.24) is 5.32 Å². The van der Waals surface area contributed by atoms with Crippen LogP contribution in [0.25, 0.3) is 0 Å². The maximum atomic E-state index is 11.0. The first kappa shape index (κ1) is 14.7. The molecule has 0 rings (SSSR count). The topological polar surface area (TPSA) is 102 Å². The van der Waals surface area contributed by atoms with Crippen LogP contribution in [0.15, 0.2) is 0 Å². The second-order valence-electron chi connectivity index (χ2n) is 3.41. The van der Waals surface area contributed by atoms with Crippen LogP contribution in [0.5, 0.6) is 0 Å². The third kappa shape index (κ3) is 10.8. The van der Waals surface area contributed by atoms with Crippen LogP contribution in [-0.2, 0) is 9.53 Å². The average molecular weight is 232 g/mol. The number of unbranched alkanes of at least 4 members (excludes halogenated alkanes) is 2. The number of nitrogens with one attached hydrogen (secondary N) is 1. The fraction of sp³-hybridized carbons (Fsp3) is 0.800. The third-order valence-electron chi connectivity index (χ3n) is 1.92. The van der Waals surface area contributed by atoms with Crippen molar-refractivity contribution in [1.29, 1.82) is 0 Å². The number of rotatable bonds is 9. The summed E-state index contributed by atoms with van der Waals surface area (Å²) in [5.41, 5.74) is 5.25. The van der Waals surface area contributed by atoms with E-state index in [1.54, 1.807) is 0 Å². The third-order valence-corrected chi connectivity index (χ3v) is 1.92. The van der Waals surface area contributed by atoms with E-state index in [1.807, 2.05) is 0 Å². The summed E-state index contributed by atoms with van der Waals surface area (Å²) >= 11 is 0. The number of carboxylic acids is 1. The maximum Gasteiger partial charge on any atom is 0.407 e. The molecular weight excluding hydrogens is 212 g/mol. The fourth-order valence-corrected chi connectivity index (χ4v) is 1.06. The number of carbonyl (C=O) groups excluding carboxylic acids is 1. The Balaban J connectivity index is 3.18. The van der Waals surface area contributed by atoms with Gasteiger partial charge in [-0.2, -0.15) is 0 Å². The van der Waals surface area contributed by atoms with E-state index < -0.39 is 12.1 Å². The number of aliphatic carboxylic acids is 1. The van der Waals surface area contributed by atoms with Crippen molar-refractivity contribution >= 4 is 12.1 Å². The van der Waals surface area contributed by atoms with Crippen LogP contribution in [0.2, 0.25) is 0 Å². The van der Waals surface area contributed by atoms with Gasteiger partial charge in [-0.1, -0.05) is 0 Å². The molecular formula is C10H20N2O4. The van der Waals surface area contributed by atoms with Gasteiger partial charge in [0.05, 0.1) is 6.61 Å². The molecule has 0 aliphatic heterocycles. The number of hydrogen-bond acceptors (Lipinski definition) is 4. The van der Waals surface area contributed by atoms with Gasteiger partial charge in [-0.05, 0) is 32.2 Å². The van der Waals surface area contributed by atoms with Crippen LogP contribution in [-0.4, -0.2) is 36.9 Å². The van der Waals surface area contributed by atoms with E-state index in [-0.39, 0.29) is 6.42 Å². The summed E-state index contributed by atoms with van der Waals surface area (Å²) in [6, 6.07) is 0. The molecule has 0 aromatic carbocycles. The summed E-state index contributed by atoms with van der Waals surface area (Å²) in [5, 5.41) is 10.9. The smallest absolute Gasteiger partial charge is 0.407 e. The Morgan fingerprint density at radius 2 is 1.94 bits per heavy atom. The van der Waals surface area contributed by atoms with Crippen molar-refractivity contribution in [3.8, 4) is 0 Å². The molecule has 0 fully saturated rings. The number of amides is 1. The molecule has 16 heavy (non-hydrogen) atoms. The molecule has 0 aromatic rings. The number of carbonyl (C=O) groups is 2. The number of alkyl carbamates (subject to hydrolysis) is 1. The summed E-state index contributed by atoms with van der Waals surface area (Å²) in [4.78, 5) is 21.2. The molecule has 0 atom stereocenters. The minimum Gasteiger partial charge on any atom is -0.481 e. The average Bonchev–Trinajstić information content (AvgIpc) is 2.23. The van der Waals surface area contributed by atoms with Gasteiger partial charge in [0.1, 0.15) is 0 Å². The summed E-state index contributed by atoms with van der Waals surface area (Å²) in [5.74, 6) is -0.791. The van der Waals surface area contributed by atoms with Crippen molar-refractivity contribution in [3.05, 3.63) is 0 Å². The van der Waals surface area contributed by atoms with Crippen LogP contribution in [0.1, 0.15) is 32.1 Å². The quantitative estimate of drug-likeness (QED) is 0.508. The molecule has 4 N–H and O–H groups in total. The van der Waals surface area contributed by atoms with E-state index in [0.717, 1.165) is 12.8 Å². The normalized spacial score (nSPS) is 9.81. The molecule has 94 valence electrons. The van der Waals surface area contributed by atoms with Crippen molar-refractivity contribution in [3.63, 3.8) is 0 Å². The van der Waals surface area contributed by atoms with Crippen LogP contribution in [0.4, 0.5) is 4.79 Å². The standard InChI is InChI=1S/C10H20N2O4/c11-6-4-7-12-10(15)16-8-3-1-2-5-9(13)14/h1-8,11H2,(H,12,15)(H,13,14). The lowest BCUT2D eigenvalue weighted by Crippen LogP contribution is -2.26. The number of ether oxygens (including phenoxy) is 1. The summed E-state index contributed by atoms with van der Waals surface area (Å²) in [6.07, 6.45) is 2.52. The molecule has 6 heteroatoms. The Morgan fingerprint density at radius 1 is 1.19 bits per heavy atom. The Kier molecular flexibility index (Phi) is 9.39. The van der Waals surface area contributed by atoms with Gasteiger partial charge in [-0.25, -0.2) is 4.79 Å². The van der Waals surface area contributed by atoms with E-state index in [0.29, 0.717) is 32.5 Å². The van der Waals surface area contributed by atoms with Crippen molar-refractivity contribution in [2.24, 2.45) is 5.73 Å². The highest BCUT2D eigenvalue weighted by Crippen LogP contribution is 1.99. The van der Waals surface area contributed by atoms with Gasteiger partial charge in [0.2, 0.25) is 0 Å². The van der Waals surface area contributed by atoms with Gasteiger partial charge in [0.15, 0.2) is 0 Å². The first-order valence-corrected chi connectivity index (χ1v) is 5.49. The second-order valence-corrected chi connectivity index (χ2v) is 3.41. The molecule has 0 radical (unpaired) electrons. The van der Waals surface area contributed by atoms with Gasteiger partial charge < -0.3 is 20.9 Å². The molecule has 0 saturated heterocycles. The zero-order valence-electron chi connectivity index (χ0n) is 9.41. The Bertz CT molecular complexity index is 209. The summed E-state index contributed by atoms with van der Waals surface area (Å²) in [6.45, 7) is 1.39. The summed E-state index contributed by atoms with van der Waals surface area (Å²) in [7, 11) is 0. The van der Waals surface area contributed by atoms with E-state index in [1.165, 1.54) is 0 Å². The van der Waals surface area contributed by atoms with E-state index in [9.17, 15) is 9.59 Å². The SMILES string of the molecule is NCCCNC(=O)OCCCCCC(=O)O. The monoisotopic (exact) mass is 232 g/mol. The molecule has 0 spiro atoms. The molecule has 6 nitrogen and oxygen atoms in total. The molecule has 0 heterocycles. The van der Waals surface area contributed by atoms with Crippen LogP contribution >= 0.6 is 0 Å². The Hall–Kier alpha value is -1.30. The highest BCUT2D eigenvalue weighted by molar-refractivity contribution is 5.67. The van der Waals surface area contributed by atoms with E-state index in [2.05, 4.69) is 5.32 Å². The van der Waals surface area contributed by atoms with Crippen LogP contribution in [0, 0.1) is 0 Å². The second kappa shape index (κ2) is 10.2. The fourth-order valence-electron chi connectivity index (χ4n) is 1.06. The Morgan fingerprint density at radius 3 is 2.56 bits per heavy atom. The lowest BCUT2D eigenvalue weighted by atomic mass is 10.2. The van der Waals surface area contributed by atoms with Crippen LogP contribution in [0.3, 0.4) is 0 Å². The lowest BCUT2D eigenvalue weighted by molar-refractivity contribution is -0.137.